The highest BCUT2D eigenvalue weighted by Crippen LogP contribution is 2.33. The summed E-state index contributed by atoms with van der Waals surface area (Å²) in [5, 5.41) is 0. The van der Waals surface area contributed by atoms with Crippen LogP contribution in [-0.2, 0) is 24.8 Å². The minimum atomic E-state index is -4.68. The second-order valence-corrected chi connectivity index (χ2v) is 11.1. The molecule has 0 aliphatic carbocycles. The van der Waals surface area contributed by atoms with Crippen LogP contribution in [0, 0.1) is 0 Å². The fourth-order valence-electron chi connectivity index (χ4n) is 3.18. The number of hydrogen-bond acceptors (Lipinski definition) is 5. The van der Waals surface area contributed by atoms with E-state index in [1.807, 2.05) is 0 Å². The molecule has 33 heavy (non-hydrogen) atoms. The Morgan fingerprint density at radius 3 is 1.42 bits per heavy atom. The summed E-state index contributed by atoms with van der Waals surface area (Å²) in [6.45, 7) is 3.54. The second kappa shape index (κ2) is 9.97. The maximum atomic E-state index is 13.7. The van der Waals surface area contributed by atoms with Gasteiger partial charge in [0, 0.05) is 5.57 Å². The average Bonchev–Trinajstić information content (AvgIpc) is 2.82. The fraction of sp³-hybridized carbons (Fsp3) is 0.0800. The molecule has 0 saturated carbocycles. The Balaban J connectivity index is 2.45. The number of carbonyl (C=O) groups excluding carboxylic acids is 1. The molecule has 3 aromatic rings. The van der Waals surface area contributed by atoms with E-state index in [1.54, 1.807) is 62.4 Å². The van der Waals surface area contributed by atoms with Gasteiger partial charge in [-0.1, -0.05) is 78.4 Å². The number of rotatable bonds is 8. The number of sulfonamides is 2. The Labute approximate surface area is 194 Å². The van der Waals surface area contributed by atoms with Crippen LogP contribution in [0.1, 0.15) is 19.4 Å². The van der Waals surface area contributed by atoms with Crippen molar-refractivity contribution in [1.82, 2.24) is 3.71 Å². The molecule has 0 atom stereocenters. The van der Waals surface area contributed by atoms with Crippen molar-refractivity contribution in [3.63, 3.8) is 0 Å². The Morgan fingerprint density at radius 1 is 0.667 bits per heavy atom. The number of benzene rings is 3. The van der Waals surface area contributed by atoms with Gasteiger partial charge in [-0.05, 0) is 43.7 Å². The zero-order chi connectivity index (χ0) is 24.1. The van der Waals surface area contributed by atoms with E-state index >= 15 is 0 Å². The lowest BCUT2D eigenvalue weighted by Crippen LogP contribution is -2.37. The molecule has 0 saturated heterocycles. The first-order valence-corrected chi connectivity index (χ1v) is 12.9. The summed E-state index contributed by atoms with van der Waals surface area (Å²) in [5.74, 6) is 0. The van der Waals surface area contributed by atoms with Crippen molar-refractivity contribution in [1.29, 1.82) is 0 Å². The number of hydrogen-bond donors (Lipinski definition) is 0. The Bertz CT molecular complexity index is 1320. The molecular weight excluding hydrogens is 458 g/mol. The maximum absolute atomic E-state index is 13.7. The van der Waals surface area contributed by atoms with Crippen molar-refractivity contribution < 1.29 is 21.6 Å². The minimum absolute atomic E-state index is 0.171. The molecule has 6 nitrogen and oxygen atoms in total. The van der Waals surface area contributed by atoms with Gasteiger partial charge in [0.05, 0.1) is 9.79 Å². The van der Waals surface area contributed by atoms with Crippen LogP contribution in [0.4, 0.5) is 0 Å². The summed E-state index contributed by atoms with van der Waals surface area (Å²) in [4.78, 5) is 11.9. The third kappa shape index (κ3) is 5.13. The molecule has 0 radical (unpaired) electrons. The van der Waals surface area contributed by atoms with E-state index < -0.39 is 25.7 Å². The summed E-state index contributed by atoms with van der Waals surface area (Å²) >= 11 is 0. The van der Waals surface area contributed by atoms with E-state index in [9.17, 15) is 21.6 Å². The molecule has 0 amide bonds. The number of aldehydes is 1. The molecule has 0 heterocycles. The number of allylic oxidation sites excluding steroid dienone is 4. The number of nitrogens with zero attached hydrogens (tertiary/aromatic N) is 1. The minimum Gasteiger partial charge on any atom is -0.296 e. The molecule has 0 aliphatic heterocycles. The van der Waals surface area contributed by atoms with Gasteiger partial charge in [-0.25, -0.2) is 16.8 Å². The van der Waals surface area contributed by atoms with Gasteiger partial charge in [-0.15, -0.1) is 0 Å². The summed E-state index contributed by atoms with van der Waals surface area (Å²) in [7, 11) is -9.36. The van der Waals surface area contributed by atoms with Gasteiger partial charge in [0.1, 0.15) is 5.70 Å². The van der Waals surface area contributed by atoms with Crippen LogP contribution >= 0.6 is 0 Å². The van der Waals surface area contributed by atoms with E-state index in [-0.39, 0.29) is 25.4 Å². The van der Waals surface area contributed by atoms with Crippen LogP contribution in [0.25, 0.3) is 5.57 Å². The topological polar surface area (TPSA) is 88.6 Å². The summed E-state index contributed by atoms with van der Waals surface area (Å²) < 4.78 is 55.1. The zero-order valence-corrected chi connectivity index (χ0v) is 19.8. The van der Waals surface area contributed by atoms with E-state index in [0.717, 1.165) is 5.57 Å². The second-order valence-electron chi connectivity index (χ2n) is 7.34. The monoisotopic (exact) mass is 481 g/mol. The van der Waals surface area contributed by atoms with Gasteiger partial charge in [0.15, 0.2) is 6.29 Å². The molecule has 0 aliphatic rings. The first-order chi connectivity index (χ1) is 15.7. The van der Waals surface area contributed by atoms with Crippen LogP contribution in [0.5, 0.6) is 0 Å². The molecule has 170 valence electrons. The Morgan fingerprint density at radius 2 is 1.06 bits per heavy atom. The van der Waals surface area contributed by atoms with Crippen LogP contribution in [0.3, 0.4) is 0 Å². The molecule has 0 N–H and O–H groups in total. The van der Waals surface area contributed by atoms with Gasteiger partial charge in [0.25, 0.3) is 20.0 Å². The lowest BCUT2D eigenvalue weighted by Gasteiger charge is -2.25. The molecule has 0 aromatic heterocycles. The highest BCUT2D eigenvalue weighted by molar-refractivity contribution is 8.04. The summed E-state index contributed by atoms with van der Waals surface area (Å²) in [6.07, 6.45) is 1.86. The lowest BCUT2D eigenvalue weighted by molar-refractivity contribution is -0.105. The Hall–Kier alpha value is -3.49. The van der Waals surface area contributed by atoms with Gasteiger partial charge in [-0.2, -0.15) is 3.71 Å². The standard InChI is InChI=1S/C25H23NO5S2/c1-20(2)18-24(21-12-6-3-7-13-21)25(19-27)26(32(28,29)22-14-8-4-9-15-22)33(30,31)23-16-10-5-11-17-23/h3-19H,1-2H3/b25-24+. The third-order valence-corrected chi connectivity index (χ3v) is 8.80. The highest BCUT2D eigenvalue weighted by Gasteiger charge is 2.39. The smallest absolute Gasteiger partial charge is 0.277 e. The quantitative estimate of drug-likeness (QED) is 0.266. The summed E-state index contributed by atoms with van der Waals surface area (Å²) in [5.41, 5.74) is 0.916. The average molecular weight is 482 g/mol. The Kier molecular flexibility index (Phi) is 7.30. The third-order valence-electron chi connectivity index (χ3n) is 4.62. The van der Waals surface area contributed by atoms with Crippen molar-refractivity contribution in [3.05, 3.63) is 114 Å². The molecule has 0 fully saturated rings. The SMILES string of the molecule is CC(C)=C/C(=C(/C=O)N(S(=O)(=O)c1ccccc1)S(=O)(=O)c1ccccc1)c1ccccc1. The van der Waals surface area contributed by atoms with Crippen LogP contribution in [0.15, 0.2) is 118 Å². The molecular formula is C25H23NO5S2. The molecule has 0 unspecified atom stereocenters. The summed E-state index contributed by atoms with van der Waals surface area (Å²) in [6, 6.07) is 22.9. The lowest BCUT2D eigenvalue weighted by atomic mass is 10.0. The first kappa shape index (κ1) is 24.2. The predicted octanol–water partition coefficient (Wildman–Crippen LogP) is 4.64. The molecule has 0 spiro atoms. The molecule has 3 rings (SSSR count). The van der Waals surface area contributed by atoms with Crippen LogP contribution < -0.4 is 0 Å². The van der Waals surface area contributed by atoms with E-state index in [2.05, 4.69) is 0 Å². The maximum Gasteiger partial charge on any atom is 0.277 e. The van der Waals surface area contributed by atoms with Crippen molar-refractivity contribution in [2.24, 2.45) is 0 Å². The van der Waals surface area contributed by atoms with Gasteiger partial charge >= 0.3 is 0 Å². The fourth-order valence-corrected chi connectivity index (χ4v) is 6.92. The van der Waals surface area contributed by atoms with Gasteiger partial charge < -0.3 is 0 Å². The van der Waals surface area contributed by atoms with Crippen molar-refractivity contribution in [3.8, 4) is 0 Å². The van der Waals surface area contributed by atoms with Gasteiger partial charge in [0.2, 0.25) is 0 Å². The number of carbonyl (C=O) groups is 1. The van der Waals surface area contributed by atoms with Crippen molar-refractivity contribution >= 4 is 31.9 Å². The predicted molar refractivity (Wildman–Crippen MR) is 128 cm³/mol. The highest BCUT2D eigenvalue weighted by atomic mass is 32.3. The van der Waals surface area contributed by atoms with E-state index in [0.29, 0.717) is 5.56 Å². The van der Waals surface area contributed by atoms with E-state index in [4.69, 9.17) is 0 Å². The van der Waals surface area contributed by atoms with Gasteiger partial charge in [-0.3, -0.25) is 4.79 Å². The van der Waals surface area contributed by atoms with E-state index in [1.165, 1.54) is 48.5 Å². The zero-order valence-electron chi connectivity index (χ0n) is 18.1. The normalized spacial score (nSPS) is 12.4. The van der Waals surface area contributed by atoms with Crippen LogP contribution in [-0.4, -0.2) is 26.8 Å². The largest absolute Gasteiger partial charge is 0.296 e. The van der Waals surface area contributed by atoms with Crippen LogP contribution in [0.2, 0.25) is 0 Å². The van der Waals surface area contributed by atoms with Crippen molar-refractivity contribution in [2.75, 3.05) is 0 Å². The van der Waals surface area contributed by atoms with Crippen molar-refractivity contribution in [2.45, 2.75) is 23.6 Å². The molecule has 3 aromatic carbocycles. The molecule has 0 bridgehead atoms. The molecule has 8 heteroatoms. The first-order valence-electron chi connectivity index (χ1n) is 10.00.